The molecular formula is C7H7IN2O. The number of nitrogens with zero attached hydrogens (tertiary/aromatic N) is 2. The number of rotatable bonds is 1. The van der Waals surface area contributed by atoms with E-state index in [1.54, 1.807) is 12.3 Å². The van der Waals surface area contributed by atoms with Gasteiger partial charge in [-0.3, -0.25) is 4.79 Å². The van der Waals surface area contributed by atoms with Gasteiger partial charge >= 0.3 is 0 Å². The number of hydrogen-bond acceptors (Lipinski definition) is 2. The molecule has 1 aromatic rings. The quantitative estimate of drug-likeness (QED) is 0.571. The van der Waals surface area contributed by atoms with Crippen LogP contribution in [0, 0.1) is 0 Å². The third kappa shape index (κ3) is 2.14. The second-order valence-electron chi connectivity index (χ2n) is 1.99. The van der Waals surface area contributed by atoms with Crippen LogP contribution in [0.5, 0.6) is 0 Å². The lowest BCUT2D eigenvalue weighted by atomic mass is 10.4. The van der Waals surface area contributed by atoms with Crippen molar-refractivity contribution in [3.63, 3.8) is 0 Å². The molecule has 0 aliphatic heterocycles. The van der Waals surface area contributed by atoms with Gasteiger partial charge in [0.2, 0.25) is 5.91 Å². The molecule has 0 aliphatic rings. The molecule has 0 N–H and O–H groups in total. The van der Waals surface area contributed by atoms with E-state index in [1.165, 1.54) is 10.0 Å². The van der Waals surface area contributed by atoms with Crippen molar-refractivity contribution in [1.82, 2.24) is 4.98 Å². The number of pyridine rings is 1. The van der Waals surface area contributed by atoms with Crippen molar-refractivity contribution >= 4 is 34.6 Å². The molecule has 0 aliphatic carbocycles. The summed E-state index contributed by atoms with van der Waals surface area (Å²) in [4.78, 5) is 14.8. The molecule has 0 atom stereocenters. The van der Waals surface area contributed by atoms with Crippen LogP contribution in [0.2, 0.25) is 0 Å². The molecule has 0 fully saturated rings. The zero-order valence-corrected chi connectivity index (χ0v) is 8.15. The maximum Gasteiger partial charge on any atom is 0.233 e. The number of amides is 1. The van der Waals surface area contributed by atoms with Crippen molar-refractivity contribution < 1.29 is 4.79 Å². The van der Waals surface area contributed by atoms with Crippen molar-refractivity contribution in [2.24, 2.45) is 0 Å². The summed E-state index contributed by atoms with van der Waals surface area (Å²) in [6, 6.07) is 5.44. The molecular weight excluding hydrogens is 255 g/mol. The standard InChI is InChI=1S/C7H7IN2O/c1-6(11)10(8)7-4-2-3-5-9-7/h2-5H,1H3. The first-order chi connectivity index (χ1) is 5.22. The van der Waals surface area contributed by atoms with Crippen LogP contribution >= 0.6 is 22.9 Å². The largest absolute Gasteiger partial charge is 0.274 e. The highest BCUT2D eigenvalue weighted by atomic mass is 127. The monoisotopic (exact) mass is 262 g/mol. The Bertz CT molecular complexity index is 250. The molecule has 0 saturated heterocycles. The van der Waals surface area contributed by atoms with Gasteiger partial charge in [-0.05, 0) is 12.1 Å². The molecule has 3 nitrogen and oxygen atoms in total. The van der Waals surface area contributed by atoms with Crippen molar-refractivity contribution in [2.75, 3.05) is 3.11 Å². The molecule has 1 rings (SSSR count). The highest BCUT2D eigenvalue weighted by molar-refractivity contribution is 14.1. The molecule has 1 amide bonds. The summed E-state index contributed by atoms with van der Waals surface area (Å²) in [5.41, 5.74) is 0. The maximum atomic E-state index is 10.8. The number of aromatic nitrogens is 1. The lowest BCUT2D eigenvalue weighted by Crippen LogP contribution is -2.16. The van der Waals surface area contributed by atoms with Crippen LogP contribution in [0.15, 0.2) is 24.4 Å². The van der Waals surface area contributed by atoms with E-state index in [2.05, 4.69) is 4.98 Å². The lowest BCUT2D eigenvalue weighted by Gasteiger charge is -2.09. The van der Waals surface area contributed by atoms with Crippen LogP contribution < -0.4 is 3.11 Å². The van der Waals surface area contributed by atoms with Gasteiger partial charge in [0.15, 0.2) is 0 Å². The number of halogens is 1. The number of hydrogen-bond donors (Lipinski definition) is 0. The van der Waals surface area contributed by atoms with Gasteiger partial charge in [0.25, 0.3) is 0 Å². The Labute approximate surface area is 78.9 Å². The smallest absolute Gasteiger partial charge is 0.233 e. The fraction of sp³-hybridized carbons (Fsp3) is 0.143. The topological polar surface area (TPSA) is 33.2 Å². The Hall–Kier alpha value is -0.650. The van der Waals surface area contributed by atoms with Crippen LogP contribution in [0.25, 0.3) is 0 Å². The third-order valence-electron chi connectivity index (χ3n) is 1.13. The predicted molar refractivity (Wildman–Crippen MR) is 51.4 cm³/mol. The average molecular weight is 262 g/mol. The zero-order valence-electron chi connectivity index (χ0n) is 5.99. The second-order valence-corrected chi connectivity index (χ2v) is 2.95. The summed E-state index contributed by atoms with van der Waals surface area (Å²) in [6.45, 7) is 1.50. The summed E-state index contributed by atoms with van der Waals surface area (Å²) in [5.74, 6) is 0.643. The molecule has 0 radical (unpaired) electrons. The third-order valence-corrected chi connectivity index (χ3v) is 2.30. The van der Waals surface area contributed by atoms with Gasteiger partial charge < -0.3 is 0 Å². The molecule has 1 heterocycles. The van der Waals surface area contributed by atoms with E-state index in [0.29, 0.717) is 5.82 Å². The number of carbonyl (C=O) groups is 1. The molecule has 0 saturated carbocycles. The number of carbonyl (C=O) groups excluding carboxylic acids is 1. The van der Waals surface area contributed by atoms with Crippen LogP contribution in [0.1, 0.15) is 6.92 Å². The summed E-state index contributed by atoms with van der Waals surface area (Å²) < 4.78 is 1.47. The Morgan fingerprint density at radius 2 is 2.36 bits per heavy atom. The van der Waals surface area contributed by atoms with E-state index < -0.39 is 0 Å². The van der Waals surface area contributed by atoms with Gasteiger partial charge in [0.1, 0.15) is 5.82 Å². The van der Waals surface area contributed by atoms with E-state index in [4.69, 9.17) is 0 Å². The first-order valence-corrected chi connectivity index (χ1v) is 4.06. The molecule has 4 heteroatoms. The normalized spacial score (nSPS) is 9.27. The van der Waals surface area contributed by atoms with E-state index in [0.717, 1.165) is 0 Å². The van der Waals surface area contributed by atoms with E-state index in [1.807, 2.05) is 35.0 Å². The molecule has 11 heavy (non-hydrogen) atoms. The molecule has 0 spiro atoms. The van der Waals surface area contributed by atoms with Crippen LogP contribution in [-0.2, 0) is 4.79 Å². The zero-order chi connectivity index (χ0) is 8.27. The molecule has 0 unspecified atom stereocenters. The van der Waals surface area contributed by atoms with Crippen LogP contribution in [0.3, 0.4) is 0 Å². The highest BCUT2D eigenvalue weighted by Crippen LogP contribution is 2.13. The van der Waals surface area contributed by atoms with Gasteiger partial charge in [-0.25, -0.2) is 8.10 Å². The molecule has 0 bridgehead atoms. The Kier molecular flexibility index (Phi) is 2.81. The van der Waals surface area contributed by atoms with Crippen molar-refractivity contribution in [3.05, 3.63) is 24.4 Å². The lowest BCUT2D eigenvalue weighted by molar-refractivity contribution is -0.115. The van der Waals surface area contributed by atoms with Crippen LogP contribution in [0.4, 0.5) is 5.82 Å². The van der Waals surface area contributed by atoms with E-state index >= 15 is 0 Å². The van der Waals surface area contributed by atoms with Gasteiger partial charge in [-0.15, -0.1) is 0 Å². The minimum absolute atomic E-state index is 0.0238. The SMILES string of the molecule is CC(=O)N(I)c1ccccn1. The summed E-state index contributed by atoms with van der Waals surface area (Å²) in [5, 5.41) is 0. The van der Waals surface area contributed by atoms with Gasteiger partial charge in [0.05, 0.1) is 22.9 Å². The Morgan fingerprint density at radius 1 is 1.64 bits per heavy atom. The van der Waals surface area contributed by atoms with Gasteiger partial charge in [-0.2, -0.15) is 0 Å². The molecule has 58 valence electrons. The molecule has 1 aromatic heterocycles. The van der Waals surface area contributed by atoms with Gasteiger partial charge in [-0.1, -0.05) is 6.07 Å². The van der Waals surface area contributed by atoms with E-state index in [-0.39, 0.29) is 5.91 Å². The fourth-order valence-corrected chi connectivity index (χ4v) is 0.917. The van der Waals surface area contributed by atoms with Crippen molar-refractivity contribution in [2.45, 2.75) is 6.92 Å². The second kappa shape index (κ2) is 3.66. The Morgan fingerprint density at radius 3 is 2.82 bits per heavy atom. The van der Waals surface area contributed by atoms with Gasteiger partial charge in [0, 0.05) is 13.1 Å². The van der Waals surface area contributed by atoms with E-state index in [9.17, 15) is 4.79 Å². The molecule has 0 aromatic carbocycles. The predicted octanol–water partition coefficient (Wildman–Crippen LogP) is 1.78. The first-order valence-electron chi connectivity index (χ1n) is 3.09. The fourth-order valence-electron chi connectivity index (χ4n) is 0.631. The minimum atomic E-state index is -0.0238. The summed E-state index contributed by atoms with van der Waals surface area (Å²) in [7, 11) is 0. The van der Waals surface area contributed by atoms with Crippen molar-refractivity contribution in [3.8, 4) is 0 Å². The maximum absolute atomic E-state index is 10.8. The summed E-state index contributed by atoms with van der Waals surface area (Å²) in [6.07, 6.45) is 1.66. The summed E-state index contributed by atoms with van der Waals surface area (Å²) >= 11 is 1.92. The Balaban J connectivity index is 2.85. The van der Waals surface area contributed by atoms with Crippen LogP contribution in [-0.4, -0.2) is 10.9 Å². The van der Waals surface area contributed by atoms with Crippen molar-refractivity contribution in [1.29, 1.82) is 0 Å². The highest BCUT2D eigenvalue weighted by Gasteiger charge is 2.06. The average Bonchev–Trinajstić information content (AvgIpc) is 2.05. The number of anilines is 1. The minimum Gasteiger partial charge on any atom is -0.274 e. The first kappa shape index (κ1) is 8.45.